The van der Waals surface area contributed by atoms with E-state index in [2.05, 4.69) is 5.32 Å². The first-order valence-corrected chi connectivity index (χ1v) is 5.61. The summed E-state index contributed by atoms with van der Waals surface area (Å²) in [6, 6.07) is 0.0405. The van der Waals surface area contributed by atoms with Crippen molar-refractivity contribution in [2.75, 3.05) is 19.8 Å². The zero-order valence-corrected chi connectivity index (χ0v) is 10.2. The topological polar surface area (TPSA) is 61.7 Å². The lowest BCUT2D eigenvalue weighted by Gasteiger charge is -2.22. The van der Waals surface area contributed by atoms with Crippen molar-refractivity contribution in [3.63, 3.8) is 0 Å². The van der Waals surface area contributed by atoms with Crippen molar-refractivity contribution in [2.45, 2.75) is 45.9 Å². The van der Waals surface area contributed by atoms with E-state index in [0.29, 0.717) is 19.1 Å². The first-order chi connectivity index (χ1) is 6.97. The molecule has 0 spiro atoms. The van der Waals surface area contributed by atoms with Crippen LogP contribution >= 0.6 is 0 Å². The summed E-state index contributed by atoms with van der Waals surface area (Å²) in [6.07, 6.45) is -0.376. The largest absolute Gasteiger partial charge is 0.395 e. The molecule has 0 bridgehead atoms. The molecule has 1 unspecified atom stereocenters. The molecular weight excluding hydrogens is 194 g/mol. The van der Waals surface area contributed by atoms with E-state index in [1.165, 1.54) is 0 Å². The van der Waals surface area contributed by atoms with Crippen molar-refractivity contribution in [3.8, 4) is 0 Å². The van der Waals surface area contributed by atoms with Gasteiger partial charge in [-0.15, -0.1) is 0 Å². The van der Waals surface area contributed by atoms with Gasteiger partial charge in [-0.05, 0) is 19.8 Å². The second-order valence-corrected chi connectivity index (χ2v) is 4.48. The van der Waals surface area contributed by atoms with Crippen LogP contribution in [-0.4, -0.2) is 48.2 Å². The maximum absolute atomic E-state index is 9.56. The molecule has 0 aromatic rings. The van der Waals surface area contributed by atoms with Gasteiger partial charge in [-0.3, -0.25) is 0 Å². The smallest absolute Gasteiger partial charge is 0.0897 e. The predicted octanol–water partition coefficient (Wildman–Crippen LogP) is 0.379. The minimum Gasteiger partial charge on any atom is -0.395 e. The molecule has 2 atom stereocenters. The number of hydrogen-bond acceptors (Lipinski definition) is 4. The first-order valence-electron chi connectivity index (χ1n) is 5.61. The molecule has 0 aromatic heterocycles. The van der Waals surface area contributed by atoms with Crippen LogP contribution in [0.25, 0.3) is 0 Å². The highest BCUT2D eigenvalue weighted by Gasteiger charge is 2.13. The van der Waals surface area contributed by atoms with Gasteiger partial charge in [0.1, 0.15) is 0 Å². The fourth-order valence-corrected chi connectivity index (χ4v) is 1.16. The third-order valence-corrected chi connectivity index (χ3v) is 2.24. The van der Waals surface area contributed by atoms with Crippen LogP contribution in [0.1, 0.15) is 27.7 Å². The van der Waals surface area contributed by atoms with Crippen molar-refractivity contribution in [1.29, 1.82) is 0 Å². The number of aliphatic hydroxyl groups is 2. The van der Waals surface area contributed by atoms with Crippen molar-refractivity contribution in [1.82, 2.24) is 5.32 Å². The summed E-state index contributed by atoms with van der Waals surface area (Å²) in [6.45, 7) is 8.82. The summed E-state index contributed by atoms with van der Waals surface area (Å²) >= 11 is 0. The first kappa shape index (κ1) is 14.8. The fraction of sp³-hybridized carbons (Fsp3) is 1.00. The quantitative estimate of drug-likeness (QED) is 0.552. The molecule has 0 aliphatic carbocycles. The molecule has 0 fully saturated rings. The second-order valence-electron chi connectivity index (χ2n) is 4.48. The summed E-state index contributed by atoms with van der Waals surface area (Å²) in [7, 11) is 0. The molecule has 0 aliphatic rings. The molecule has 92 valence electrons. The zero-order valence-electron chi connectivity index (χ0n) is 10.2. The number of ether oxygens (including phenoxy) is 1. The lowest BCUT2D eigenvalue weighted by atomic mass is 10.1. The Hall–Kier alpha value is -0.160. The minimum atomic E-state index is -0.514. The number of nitrogens with one attached hydrogen (secondary N) is 1. The van der Waals surface area contributed by atoms with Gasteiger partial charge in [0, 0.05) is 12.6 Å². The molecule has 0 amide bonds. The Kier molecular flexibility index (Phi) is 7.96. The van der Waals surface area contributed by atoms with Crippen molar-refractivity contribution < 1.29 is 14.9 Å². The van der Waals surface area contributed by atoms with Crippen LogP contribution < -0.4 is 5.32 Å². The molecule has 4 nitrogen and oxygen atoms in total. The van der Waals surface area contributed by atoms with Crippen LogP contribution in [0, 0.1) is 5.92 Å². The molecule has 0 aromatic carbocycles. The molecule has 0 radical (unpaired) electrons. The van der Waals surface area contributed by atoms with Crippen LogP contribution in [0.4, 0.5) is 0 Å². The second kappa shape index (κ2) is 8.05. The molecule has 0 saturated carbocycles. The van der Waals surface area contributed by atoms with Gasteiger partial charge in [0.15, 0.2) is 0 Å². The van der Waals surface area contributed by atoms with Crippen molar-refractivity contribution in [3.05, 3.63) is 0 Å². The lowest BCUT2D eigenvalue weighted by Crippen LogP contribution is -2.42. The van der Waals surface area contributed by atoms with Crippen molar-refractivity contribution >= 4 is 0 Å². The third kappa shape index (κ3) is 7.73. The Morgan fingerprint density at radius 2 is 1.80 bits per heavy atom. The summed E-state index contributed by atoms with van der Waals surface area (Å²) < 4.78 is 5.28. The molecular formula is C11H25NO3. The Morgan fingerprint density at radius 3 is 2.20 bits per heavy atom. The van der Waals surface area contributed by atoms with Gasteiger partial charge in [-0.25, -0.2) is 0 Å². The molecule has 0 aliphatic heterocycles. The van der Waals surface area contributed by atoms with E-state index < -0.39 is 6.10 Å². The molecule has 3 N–H and O–H groups in total. The highest BCUT2D eigenvalue weighted by Crippen LogP contribution is 2.00. The number of aliphatic hydroxyl groups excluding tert-OH is 2. The van der Waals surface area contributed by atoms with Crippen LogP contribution in [-0.2, 0) is 4.74 Å². The Bertz CT molecular complexity index is 151. The van der Waals surface area contributed by atoms with Gasteiger partial charge in [0.2, 0.25) is 0 Å². The Labute approximate surface area is 92.6 Å². The maximum atomic E-state index is 9.56. The van der Waals surface area contributed by atoms with E-state index in [9.17, 15) is 5.11 Å². The molecule has 0 heterocycles. The molecule has 0 saturated heterocycles. The SMILES string of the molecule is CC(C)OCC(O)CN[C@H](CO)C(C)C. The molecule has 0 rings (SSSR count). The van der Waals surface area contributed by atoms with Gasteiger partial charge < -0.3 is 20.3 Å². The monoisotopic (exact) mass is 219 g/mol. The van der Waals surface area contributed by atoms with Gasteiger partial charge >= 0.3 is 0 Å². The Morgan fingerprint density at radius 1 is 1.20 bits per heavy atom. The van der Waals surface area contributed by atoms with Crippen LogP contribution in [0.2, 0.25) is 0 Å². The van der Waals surface area contributed by atoms with Gasteiger partial charge in [0.05, 0.1) is 25.4 Å². The maximum Gasteiger partial charge on any atom is 0.0897 e. The van der Waals surface area contributed by atoms with E-state index >= 15 is 0 Å². The van der Waals surface area contributed by atoms with E-state index in [1.54, 1.807) is 0 Å². The zero-order chi connectivity index (χ0) is 11.8. The number of rotatable bonds is 8. The predicted molar refractivity (Wildman–Crippen MR) is 60.8 cm³/mol. The normalized spacial score (nSPS) is 16.0. The molecule has 15 heavy (non-hydrogen) atoms. The van der Waals surface area contributed by atoms with E-state index in [1.807, 2.05) is 27.7 Å². The average Bonchev–Trinajstić information content (AvgIpc) is 2.15. The summed E-state index contributed by atoms with van der Waals surface area (Å²) in [5, 5.41) is 21.7. The van der Waals surface area contributed by atoms with Crippen LogP contribution in [0.15, 0.2) is 0 Å². The highest BCUT2D eigenvalue weighted by molar-refractivity contribution is 4.71. The summed E-state index contributed by atoms with van der Waals surface area (Å²) in [5.41, 5.74) is 0. The Balaban J connectivity index is 3.63. The van der Waals surface area contributed by atoms with Gasteiger partial charge in [-0.2, -0.15) is 0 Å². The van der Waals surface area contributed by atoms with Crippen LogP contribution in [0.3, 0.4) is 0 Å². The number of hydrogen-bond donors (Lipinski definition) is 3. The minimum absolute atomic E-state index is 0.0405. The standard InChI is InChI=1S/C11H25NO3/c1-8(2)11(6-13)12-5-10(14)7-15-9(3)4/h8-14H,5-7H2,1-4H3/t10?,11-/m1/s1. The average molecular weight is 219 g/mol. The van der Waals surface area contributed by atoms with Crippen LogP contribution in [0.5, 0.6) is 0 Å². The fourth-order valence-electron chi connectivity index (χ4n) is 1.16. The van der Waals surface area contributed by atoms with E-state index in [0.717, 1.165) is 0 Å². The summed E-state index contributed by atoms with van der Waals surface area (Å²) in [5.74, 6) is 0.355. The van der Waals surface area contributed by atoms with E-state index in [-0.39, 0.29) is 18.8 Å². The van der Waals surface area contributed by atoms with Crippen molar-refractivity contribution in [2.24, 2.45) is 5.92 Å². The van der Waals surface area contributed by atoms with Gasteiger partial charge in [-0.1, -0.05) is 13.8 Å². The summed E-state index contributed by atoms with van der Waals surface area (Å²) in [4.78, 5) is 0. The highest BCUT2D eigenvalue weighted by atomic mass is 16.5. The van der Waals surface area contributed by atoms with E-state index in [4.69, 9.17) is 9.84 Å². The van der Waals surface area contributed by atoms with Gasteiger partial charge in [0.25, 0.3) is 0 Å². The molecule has 4 heteroatoms. The lowest BCUT2D eigenvalue weighted by molar-refractivity contribution is 0.00401. The third-order valence-electron chi connectivity index (χ3n) is 2.24.